The first-order chi connectivity index (χ1) is 10.3. The van der Waals surface area contributed by atoms with Gasteiger partial charge in [0.05, 0.1) is 19.4 Å². The molecule has 1 aromatic carbocycles. The molecule has 1 N–H and O–H groups in total. The van der Waals surface area contributed by atoms with Gasteiger partial charge in [-0.2, -0.15) is 0 Å². The van der Waals surface area contributed by atoms with Crippen LogP contribution in [0.1, 0.15) is 23.0 Å². The second kappa shape index (κ2) is 5.97. The number of benzene rings is 1. The molecule has 0 saturated heterocycles. The Morgan fingerprint density at radius 1 is 1.24 bits per heavy atom. The minimum absolute atomic E-state index is 0.126. The second-order valence-corrected chi connectivity index (χ2v) is 5.05. The molecule has 3 rings (SSSR count). The van der Waals surface area contributed by atoms with Crippen molar-refractivity contribution in [3.05, 3.63) is 60.2 Å². The van der Waals surface area contributed by atoms with Gasteiger partial charge in [0.15, 0.2) is 5.78 Å². The lowest BCUT2D eigenvalue weighted by atomic mass is 10.1. The van der Waals surface area contributed by atoms with E-state index in [-0.39, 0.29) is 5.78 Å². The van der Waals surface area contributed by atoms with E-state index < -0.39 is 0 Å². The van der Waals surface area contributed by atoms with Gasteiger partial charge in [0.1, 0.15) is 5.76 Å². The quantitative estimate of drug-likeness (QED) is 0.704. The SMILES string of the molecule is CCN(CC(=O)c1c[nH]c2ccccc12)Cc1ccco1. The van der Waals surface area contributed by atoms with E-state index in [1.165, 1.54) is 0 Å². The van der Waals surface area contributed by atoms with Crippen molar-refractivity contribution in [3.63, 3.8) is 0 Å². The summed E-state index contributed by atoms with van der Waals surface area (Å²) in [5.41, 5.74) is 1.75. The monoisotopic (exact) mass is 282 g/mol. The lowest BCUT2D eigenvalue weighted by Crippen LogP contribution is -2.29. The van der Waals surface area contributed by atoms with E-state index in [1.54, 1.807) is 12.5 Å². The van der Waals surface area contributed by atoms with E-state index in [9.17, 15) is 4.79 Å². The fraction of sp³-hybridized carbons (Fsp3) is 0.235. The maximum atomic E-state index is 12.5. The van der Waals surface area contributed by atoms with Gasteiger partial charge in [0.2, 0.25) is 0 Å². The van der Waals surface area contributed by atoms with Crippen LogP contribution in [0.3, 0.4) is 0 Å². The van der Waals surface area contributed by atoms with E-state index in [1.807, 2.05) is 43.3 Å². The van der Waals surface area contributed by atoms with Gasteiger partial charge in [0, 0.05) is 22.7 Å². The Balaban J connectivity index is 1.75. The van der Waals surface area contributed by atoms with E-state index in [4.69, 9.17) is 4.42 Å². The predicted octanol–water partition coefficient (Wildman–Crippen LogP) is 3.47. The van der Waals surface area contributed by atoms with Crippen LogP contribution in [0.25, 0.3) is 10.9 Å². The summed E-state index contributed by atoms with van der Waals surface area (Å²) in [7, 11) is 0. The number of H-pyrrole nitrogens is 1. The number of Topliss-reactive ketones (excluding diaryl/α,β-unsaturated/α-hetero) is 1. The van der Waals surface area contributed by atoms with Gasteiger partial charge in [-0.1, -0.05) is 25.1 Å². The van der Waals surface area contributed by atoms with E-state index >= 15 is 0 Å². The zero-order valence-electron chi connectivity index (χ0n) is 12.0. The third-order valence-corrected chi connectivity index (χ3v) is 3.66. The average molecular weight is 282 g/mol. The Labute approximate surface area is 123 Å². The number of hydrogen-bond acceptors (Lipinski definition) is 3. The number of nitrogens with zero attached hydrogens (tertiary/aromatic N) is 1. The van der Waals surface area contributed by atoms with E-state index in [0.717, 1.165) is 28.8 Å². The average Bonchev–Trinajstić information content (AvgIpc) is 3.15. The number of likely N-dealkylation sites (N-methyl/N-ethyl adjacent to an activating group) is 1. The molecule has 3 aromatic rings. The van der Waals surface area contributed by atoms with Crippen molar-refractivity contribution < 1.29 is 9.21 Å². The van der Waals surface area contributed by atoms with Crippen molar-refractivity contribution in [1.29, 1.82) is 0 Å². The highest BCUT2D eigenvalue weighted by atomic mass is 16.3. The summed E-state index contributed by atoms with van der Waals surface area (Å²) in [5, 5.41) is 0.983. The van der Waals surface area contributed by atoms with Crippen LogP contribution in [0.5, 0.6) is 0 Å². The molecule has 0 fully saturated rings. The summed E-state index contributed by atoms with van der Waals surface area (Å²) < 4.78 is 5.35. The Morgan fingerprint density at radius 2 is 2.10 bits per heavy atom. The summed E-state index contributed by atoms with van der Waals surface area (Å²) in [6.45, 7) is 3.89. The maximum absolute atomic E-state index is 12.5. The number of carbonyl (C=O) groups excluding carboxylic acids is 1. The van der Waals surface area contributed by atoms with Crippen LogP contribution in [-0.2, 0) is 6.54 Å². The van der Waals surface area contributed by atoms with Gasteiger partial charge >= 0.3 is 0 Å². The maximum Gasteiger partial charge on any atom is 0.178 e. The van der Waals surface area contributed by atoms with E-state index in [0.29, 0.717) is 13.1 Å². The summed E-state index contributed by atoms with van der Waals surface area (Å²) >= 11 is 0. The van der Waals surface area contributed by atoms with Gasteiger partial charge in [0.25, 0.3) is 0 Å². The molecule has 0 aliphatic heterocycles. The number of ketones is 1. The van der Waals surface area contributed by atoms with Crippen LogP contribution in [0, 0.1) is 0 Å². The topological polar surface area (TPSA) is 49.2 Å². The first-order valence-corrected chi connectivity index (χ1v) is 7.12. The minimum atomic E-state index is 0.126. The largest absolute Gasteiger partial charge is 0.468 e. The van der Waals surface area contributed by atoms with Crippen LogP contribution in [0.15, 0.2) is 53.3 Å². The first-order valence-electron chi connectivity index (χ1n) is 7.12. The molecule has 2 heterocycles. The van der Waals surface area contributed by atoms with Crippen molar-refractivity contribution in [2.24, 2.45) is 0 Å². The van der Waals surface area contributed by atoms with E-state index in [2.05, 4.69) is 9.88 Å². The molecular formula is C17H18N2O2. The molecule has 0 unspecified atom stereocenters. The number of carbonyl (C=O) groups is 1. The summed E-state index contributed by atoms with van der Waals surface area (Å²) in [4.78, 5) is 17.7. The van der Waals surface area contributed by atoms with Gasteiger partial charge in [-0.05, 0) is 24.7 Å². The normalized spacial score (nSPS) is 11.3. The molecule has 0 bridgehead atoms. The number of furan rings is 1. The predicted molar refractivity (Wildman–Crippen MR) is 82.3 cm³/mol. The Morgan fingerprint density at radius 3 is 2.86 bits per heavy atom. The lowest BCUT2D eigenvalue weighted by molar-refractivity contribution is 0.0926. The summed E-state index contributed by atoms with van der Waals surface area (Å²) in [6.07, 6.45) is 3.46. The lowest BCUT2D eigenvalue weighted by Gasteiger charge is -2.17. The highest BCUT2D eigenvalue weighted by molar-refractivity contribution is 6.08. The summed E-state index contributed by atoms with van der Waals surface area (Å²) in [6, 6.07) is 11.7. The first kappa shape index (κ1) is 13.6. The Bertz CT molecular complexity index is 728. The number of nitrogens with one attached hydrogen (secondary N) is 1. The molecule has 0 saturated carbocycles. The highest BCUT2D eigenvalue weighted by Crippen LogP contribution is 2.18. The Kier molecular flexibility index (Phi) is 3.88. The standard InChI is InChI=1S/C17H18N2O2/c1-2-19(11-13-6-5-9-21-13)12-17(20)15-10-18-16-8-4-3-7-14(15)16/h3-10,18H,2,11-12H2,1H3. The molecule has 4 nitrogen and oxygen atoms in total. The fourth-order valence-corrected chi connectivity index (χ4v) is 2.49. The molecule has 4 heteroatoms. The fourth-order valence-electron chi connectivity index (χ4n) is 2.49. The third kappa shape index (κ3) is 2.90. The van der Waals surface area contributed by atoms with Crippen LogP contribution >= 0.6 is 0 Å². The van der Waals surface area contributed by atoms with Crippen LogP contribution in [-0.4, -0.2) is 28.8 Å². The molecule has 0 spiro atoms. The molecule has 0 atom stereocenters. The van der Waals surface area contributed by atoms with Crippen molar-refractivity contribution in [3.8, 4) is 0 Å². The number of aromatic amines is 1. The third-order valence-electron chi connectivity index (χ3n) is 3.66. The molecule has 2 aromatic heterocycles. The van der Waals surface area contributed by atoms with Gasteiger partial charge < -0.3 is 9.40 Å². The number of hydrogen-bond donors (Lipinski definition) is 1. The number of rotatable bonds is 6. The highest BCUT2D eigenvalue weighted by Gasteiger charge is 2.16. The molecule has 108 valence electrons. The summed E-state index contributed by atoms with van der Waals surface area (Å²) in [5.74, 6) is 1.00. The molecule has 0 aliphatic carbocycles. The molecule has 0 radical (unpaired) electrons. The van der Waals surface area contributed by atoms with Crippen LogP contribution in [0.4, 0.5) is 0 Å². The molecule has 0 aliphatic rings. The van der Waals surface area contributed by atoms with Crippen molar-refractivity contribution in [1.82, 2.24) is 9.88 Å². The van der Waals surface area contributed by atoms with Crippen molar-refractivity contribution in [2.45, 2.75) is 13.5 Å². The van der Waals surface area contributed by atoms with Gasteiger partial charge in [-0.15, -0.1) is 0 Å². The zero-order chi connectivity index (χ0) is 14.7. The minimum Gasteiger partial charge on any atom is -0.468 e. The smallest absolute Gasteiger partial charge is 0.178 e. The molecule has 0 amide bonds. The van der Waals surface area contributed by atoms with Crippen LogP contribution < -0.4 is 0 Å². The van der Waals surface area contributed by atoms with Crippen molar-refractivity contribution in [2.75, 3.05) is 13.1 Å². The van der Waals surface area contributed by atoms with Gasteiger partial charge in [-0.3, -0.25) is 9.69 Å². The second-order valence-electron chi connectivity index (χ2n) is 5.05. The zero-order valence-corrected chi connectivity index (χ0v) is 12.0. The number of aromatic nitrogens is 1. The van der Waals surface area contributed by atoms with Crippen LogP contribution in [0.2, 0.25) is 0 Å². The van der Waals surface area contributed by atoms with Gasteiger partial charge in [-0.25, -0.2) is 0 Å². The molecular weight excluding hydrogens is 264 g/mol. The molecule has 21 heavy (non-hydrogen) atoms. The number of fused-ring (bicyclic) bond motifs is 1. The number of para-hydroxylation sites is 1. The van der Waals surface area contributed by atoms with Crippen molar-refractivity contribution >= 4 is 16.7 Å². The Hall–Kier alpha value is -2.33.